The number of hydrogen-bond donors (Lipinski definition) is 1. The van der Waals surface area contributed by atoms with Crippen molar-refractivity contribution in [3.8, 4) is 17.2 Å². The van der Waals surface area contributed by atoms with Gasteiger partial charge in [0, 0.05) is 10.6 Å². The molecule has 11 heteroatoms. The van der Waals surface area contributed by atoms with Crippen molar-refractivity contribution in [3.05, 3.63) is 81.9 Å². The van der Waals surface area contributed by atoms with E-state index in [1.54, 1.807) is 50.3 Å². The van der Waals surface area contributed by atoms with Crippen LogP contribution in [0.2, 0.25) is 5.02 Å². The molecular formula is C27H26BrClN2O6S. The van der Waals surface area contributed by atoms with E-state index in [0.717, 1.165) is 11.3 Å². The van der Waals surface area contributed by atoms with Gasteiger partial charge in [-0.25, -0.2) is 9.79 Å². The average molecular weight is 622 g/mol. The zero-order valence-corrected chi connectivity index (χ0v) is 24.5. The Balaban J connectivity index is 1.97. The highest BCUT2D eigenvalue weighted by molar-refractivity contribution is 9.10. The number of carbonyl (C=O) groups excluding carboxylic acids is 1. The van der Waals surface area contributed by atoms with Crippen LogP contribution in [0.25, 0.3) is 6.08 Å². The molecule has 0 radical (unpaired) electrons. The van der Waals surface area contributed by atoms with Gasteiger partial charge in [0.2, 0.25) is 0 Å². The molecule has 0 saturated heterocycles. The molecule has 200 valence electrons. The van der Waals surface area contributed by atoms with Crippen LogP contribution in [0.3, 0.4) is 0 Å². The summed E-state index contributed by atoms with van der Waals surface area (Å²) in [6.45, 7) is 7.41. The molecule has 1 aromatic heterocycles. The molecule has 0 unspecified atom stereocenters. The van der Waals surface area contributed by atoms with Gasteiger partial charge >= 0.3 is 5.97 Å². The SMILES string of the molecule is CCOC(=O)C1=C(C)N=c2s/c(=C\c3cc(Cl)cc(Br)c3O)c(=O)n2[C@@H]1c1ccc(OC(C)C)c(OC)c1. The minimum absolute atomic E-state index is 0.0503. The Morgan fingerprint density at radius 1 is 1.29 bits per heavy atom. The Kier molecular flexibility index (Phi) is 8.34. The number of thiazole rings is 1. The van der Waals surface area contributed by atoms with Crippen LogP contribution in [-0.2, 0) is 9.53 Å². The van der Waals surface area contributed by atoms with Crippen molar-refractivity contribution in [2.24, 2.45) is 4.99 Å². The molecule has 38 heavy (non-hydrogen) atoms. The second-order valence-corrected chi connectivity index (χ2v) is 11.0. The van der Waals surface area contributed by atoms with Gasteiger partial charge in [-0.2, -0.15) is 0 Å². The summed E-state index contributed by atoms with van der Waals surface area (Å²) in [4.78, 5) is 31.9. The normalized spacial score (nSPS) is 15.4. The third kappa shape index (κ3) is 5.39. The van der Waals surface area contributed by atoms with Crippen LogP contribution in [0, 0.1) is 0 Å². The Bertz CT molecular complexity index is 1630. The highest BCUT2D eigenvalue weighted by Gasteiger charge is 2.34. The number of aromatic nitrogens is 1. The molecule has 2 aromatic carbocycles. The first-order valence-corrected chi connectivity index (χ1v) is 13.8. The van der Waals surface area contributed by atoms with E-state index >= 15 is 0 Å². The summed E-state index contributed by atoms with van der Waals surface area (Å²) in [5.74, 6) is 0.389. The third-order valence-electron chi connectivity index (χ3n) is 5.73. The van der Waals surface area contributed by atoms with E-state index in [9.17, 15) is 14.7 Å². The van der Waals surface area contributed by atoms with Crippen molar-refractivity contribution in [1.29, 1.82) is 0 Å². The smallest absolute Gasteiger partial charge is 0.338 e. The minimum atomic E-state index is -0.825. The first-order chi connectivity index (χ1) is 18.0. The van der Waals surface area contributed by atoms with Crippen LogP contribution in [0.15, 0.2) is 55.9 Å². The van der Waals surface area contributed by atoms with Crippen LogP contribution < -0.4 is 24.4 Å². The second-order valence-electron chi connectivity index (χ2n) is 8.70. The number of methoxy groups -OCH3 is 1. The number of halogens is 2. The molecule has 8 nitrogen and oxygen atoms in total. The van der Waals surface area contributed by atoms with Crippen molar-refractivity contribution >= 4 is 50.9 Å². The molecule has 0 aliphatic carbocycles. The van der Waals surface area contributed by atoms with Crippen molar-refractivity contribution < 1.29 is 24.1 Å². The zero-order valence-electron chi connectivity index (χ0n) is 21.4. The van der Waals surface area contributed by atoms with Gasteiger partial charge in [0.25, 0.3) is 5.56 Å². The molecule has 0 amide bonds. The molecule has 3 aromatic rings. The molecule has 1 aliphatic rings. The van der Waals surface area contributed by atoms with E-state index in [2.05, 4.69) is 20.9 Å². The second kappa shape index (κ2) is 11.3. The lowest BCUT2D eigenvalue weighted by Crippen LogP contribution is -2.40. The number of phenols is 1. The Morgan fingerprint density at radius 2 is 2.03 bits per heavy atom. The maximum Gasteiger partial charge on any atom is 0.338 e. The Labute approximate surface area is 236 Å². The number of ether oxygens (including phenoxy) is 3. The van der Waals surface area contributed by atoms with E-state index in [1.165, 1.54) is 11.7 Å². The fourth-order valence-corrected chi connectivity index (χ4v) is 6.02. The van der Waals surface area contributed by atoms with Crippen LogP contribution >= 0.6 is 38.9 Å². The predicted octanol–water partition coefficient (Wildman–Crippen LogP) is 4.72. The van der Waals surface area contributed by atoms with Crippen LogP contribution in [0.4, 0.5) is 0 Å². The topological polar surface area (TPSA) is 99.4 Å². The van der Waals surface area contributed by atoms with Gasteiger partial charge in [0.15, 0.2) is 16.3 Å². The van der Waals surface area contributed by atoms with E-state index in [4.69, 9.17) is 25.8 Å². The summed E-state index contributed by atoms with van der Waals surface area (Å²) in [5, 5.41) is 10.9. The van der Waals surface area contributed by atoms with Gasteiger partial charge in [-0.15, -0.1) is 0 Å². The van der Waals surface area contributed by atoms with Crippen LogP contribution in [0.5, 0.6) is 17.2 Å². The molecule has 2 heterocycles. The summed E-state index contributed by atoms with van der Waals surface area (Å²) in [5.41, 5.74) is 1.29. The number of fused-ring (bicyclic) bond motifs is 1. The quantitative estimate of drug-likeness (QED) is 0.384. The van der Waals surface area contributed by atoms with E-state index in [-0.39, 0.29) is 29.6 Å². The molecule has 0 spiro atoms. The van der Waals surface area contributed by atoms with Gasteiger partial charge in [0.1, 0.15) is 5.75 Å². The average Bonchev–Trinajstić information content (AvgIpc) is 3.15. The van der Waals surface area contributed by atoms with Crippen molar-refractivity contribution in [3.63, 3.8) is 0 Å². The Morgan fingerprint density at radius 3 is 2.68 bits per heavy atom. The number of esters is 1. The lowest BCUT2D eigenvalue weighted by molar-refractivity contribution is -0.139. The van der Waals surface area contributed by atoms with Gasteiger partial charge < -0.3 is 19.3 Å². The zero-order chi connectivity index (χ0) is 27.7. The molecule has 0 bridgehead atoms. The largest absolute Gasteiger partial charge is 0.506 e. The monoisotopic (exact) mass is 620 g/mol. The van der Waals surface area contributed by atoms with E-state index in [1.807, 2.05) is 13.8 Å². The fraction of sp³-hybridized carbons (Fsp3) is 0.296. The summed E-state index contributed by atoms with van der Waals surface area (Å²) in [6.07, 6.45) is 1.48. The number of nitrogens with zero attached hydrogens (tertiary/aromatic N) is 2. The van der Waals surface area contributed by atoms with Gasteiger partial charge in [-0.1, -0.05) is 29.0 Å². The number of benzene rings is 2. The first kappa shape index (κ1) is 27.9. The maximum atomic E-state index is 13.8. The number of aromatic hydroxyl groups is 1. The van der Waals surface area contributed by atoms with Crippen LogP contribution in [-0.4, -0.2) is 35.5 Å². The number of hydrogen-bond acceptors (Lipinski definition) is 8. The highest BCUT2D eigenvalue weighted by atomic mass is 79.9. The van der Waals surface area contributed by atoms with E-state index < -0.39 is 12.0 Å². The molecule has 1 atom stereocenters. The maximum absolute atomic E-state index is 13.8. The molecule has 0 fully saturated rings. The third-order valence-corrected chi connectivity index (χ3v) is 7.53. The molecule has 1 N–H and O–H groups in total. The van der Waals surface area contributed by atoms with Crippen LogP contribution in [0.1, 0.15) is 44.9 Å². The summed E-state index contributed by atoms with van der Waals surface area (Å²) >= 11 is 10.6. The lowest BCUT2D eigenvalue weighted by atomic mass is 9.95. The van der Waals surface area contributed by atoms with Crippen molar-refractivity contribution in [1.82, 2.24) is 4.57 Å². The molecule has 1 aliphatic heterocycles. The van der Waals surface area contributed by atoms with Crippen molar-refractivity contribution in [2.45, 2.75) is 39.8 Å². The lowest BCUT2D eigenvalue weighted by Gasteiger charge is -2.25. The first-order valence-electron chi connectivity index (χ1n) is 11.8. The standard InChI is InChI=1S/C27H26BrClN2O6S/c1-6-36-26(34)22-14(4)30-27-31(23(22)15-7-8-19(37-13(2)3)20(10-15)35-5)25(33)21(38-27)11-16-9-17(29)12-18(28)24(16)32/h7-13,23,32H,6H2,1-5H3/b21-11-/t23-/m1/s1. The van der Waals surface area contributed by atoms with Crippen molar-refractivity contribution in [2.75, 3.05) is 13.7 Å². The van der Waals surface area contributed by atoms with Gasteiger partial charge in [-0.05, 0) is 79.5 Å². The van der Waals surface area contributed by atoms with E-state index in [0.29, 0.717) is 47.2 Å². The molecular weight excluding hydrogens is 596 g/mol. The summed E-state index contributed by atoms with van der Waals surface area (Å²) in [7, 11) is 1.53. The summed E-state index contributed by atoms with van der Waals surface area (Å²) in [6, 6.07) is 7.59. The van der Waals surface area contributed by atoms with Gasteiger partial charge in [-0.3, -0.25) is 9.36 Å². The molecule has 0 saturated carbocycles. The minimum Gasteiger partial charge on any atom is -0.506 e. The number of rotatable bonds is 7. The Hall–Kier alpha value is -3.08. The number of carbonyl (C=O) groups is 1. The fourth-order valence-electron chi connectivity index (χ4n) is 4.15. The highest BCUT2D eigenvalue weighted by Crippen LogP contribution is 2.37. The number of allylic oxidation sites excluding steroid dienone is 1. The summed E-state index contributed by atoms with van der Waals surface area (Å²) < 4.78 is 18.9. The predicted molar refractivity (Wildman–Crippen MR) is 150 cm³/mol. The number of phenolic OH excluding ortho intramolecular Hbond substituents is 1. The van der Waals surface area contributed by atoms with Gasteiger partial charge in [0.05, 0.1) is 46.1 Å². The molecule has 4 rings (SSSR count).